The van der Waals surface area contributed by atoms with E-state index in [2.05, 4.69) is 15.3 Å². The summed E-state index contributed by atoms with van der Waals surface area (Å²) in [5, 5.41) is 3.73. The van der Waals surface area contributed by atoms with Gasteiger partial charge in [-0.1, -0.05) is 24.4 Å². The third-order valence-corrected chi connectivity index (χ3v) is 3.13. The monoisotopic (exact) mass is 213 g/mol. The molecule has 0 atom stereocenters. The Bertz CT molecular complexity index is 302. The molecule has 2 N–H and O–H groups in total. The number of halogens is 1. The molecule has 0 radical (unpaired) electrons. The molecular formula is C10H16ClN3. The largest absolute Gasteiger partial charge is 0.343 e. The molecule has 1 fully saturated rings. The number of hydrogen-bond donors (Lipinski definition) is 2. The fourth-order valence-electron chi connectivity index (χ4n) is 2.15. The Morgan fingerprint density at radius 3 is 2.86 bits per heavy atom. The van der Waals surface area contributed by atoms with Crippen molar-refractivity contribution in [2.24, 2.45) is 0 Å². The van der Waals surface area contributed by atoms with Gasteiger partial charge in [0.25, 0.3) is 0 Å². The summed E-state index contributed by atoms with van der Waals surface area (Å²) in [6.07, 6.45) is 5.14. The standard InChI is InChI=1S/C10H16ClN3/c1-12-6-8-13-9(10(11)14-8)7-4-2-3-5-7/h7,12H,2-6H2,1H3,(H,13,14). The molecule has 78 valence electrons. The Morgan fingerprint density at radius 2 is 2.21 bits per heavy atom. The first-order valence-corrected chi connectivity index (χ1v) is 5.58. The van der Waals surface area contributed by atoms with Crippen LogP contribution in [0.5, 0.6) is 0 Å². The van der Waals surface area contributed by atoms with E-state index in [1.165, 1.54) is 25.7 Å². The van der Waals surface area contributed by atoms with E-state index >= 15 is 0 Å². The molecule has 2 rings (SSSR count). The van der Waals surface area contributed by atoms with Crippen molar-refractivity contribution in [2.75, 3.05) is 7.05 Å². The van der Waals surface area contributed by atoms with Crippen LogP contribution in [0.25, 0.3) is 0 Å². The van der Waals surface area contributed by atoms with E-state index in [9.17, 15) is 0 Å². The highest BCUT2D eigenvalue weighted by Crippen LogP contribution is 2.36. The molecule has 4 heteroatoms. The smallest absolute Gasteiger partial charge is 0.150 e. The third-order valence-electron chi connectivity index (χ3n) is 2.84. The highest BCUT2D eigenvalue weighted by Gasteiger charge is 2.22. The molecule has 0 amide bonds. The first-order valence-electron chi connectivity index (χ1n) is 5.20. The fraction of sp³-hybridized carbons (Fsp3) is 0.700. The lowest BCUT2D eigenvalue weighted by atomic mass is 10.1. The van der Waals surface area contributed by atoms with Gasteiger partial charge in [0.15, 0.2) is 5.15 Å². The maximum absolute atomic E-state index is 6.09. The summed E-state index contributed by atoms with van der Waals surface area (Å²) in [6.45, 7) is 0.756. The van der Waals surface area contributed by atoms with Crippen LogP contribution in [-0.4, -0.2) is 17.0 Å². The zero-order valence-corrected chi connectivity index (χ0v) is 9.19. The van der Waals surface area contributed by atoms with Crippen LogP contribution < -0.4 is 5.32 Å². The predicted molar refractivity (Wildman–Crippen MR) is 57.6 cm³/mol. The topological polar surface area (TPSA) is 40.7 Å². The summed E-state index contributed by atoms with van der Waals surface area (Å²) in [5.41, 5.74) is 1.15. The molecule has 14 heavy (non-hydrogen) atoms. The van der Waals surface area contributed by atoms with Gasteiger partial charge in [0, 0.05) is 5.92 Å². The molecule has 0 saturated heterocycles. The van der Waals surface area contributed by atoms with Crippen LogP contribution >= 0.6 is 11.6 Å². The van der Waals surface area contributed by atoms with E-state index < -0.39 is 0 Å². The molecule has 1 aromatic rings. The molecule has 1 aliphatic rings. The summed E-state index contributed by atoms with van der Waals surface area (Å²) < 4.78 is 0. The molecule has 1 aromatic heterocycles. The predicted octanol–water partition coefficient (Wildman–Crippen LogP) is 2.44. The number of imidazole rings is 1. The molecule has 1 heterocycles. The molecule has 0 unspecified atom stereocenters. The SMILES string of the molecule is CNCc1nc(Cl)c(C2CCCC2)[nH]1. The second-order valence-corrected chi connectivity index (χ2v) is 4.26. The van der Waals surface area contributed by atoms with Crippen molar-refractivity contribution in [1.82, 2.24) is 15.3 Å². The maximum Gasteiger partial charge on any atom is 0.150 e. The Morgan fingerprint density at radius 1 is 1.50 bits per heavy atom. The van der Waals surface area contributed by atoms with Crippen LogP contribution in [0.4, 0.5) is 0 Å². The minimum atomic E-state index is 0.612. The molecular weight excluding hydrogens is 198 g/mol. The molecule has 0 aliphatic heterocycles. The van der Waals surface area contributed by atoms with E-state index in [0.29, 0.717) is 11.1 Å². The fourth-order valence-corrected chi connectivity index (χ4v) is 2.45. The second kappa shape index (κ2) is 4.32. The normalized spacial score (nSPS) is 17.9. The van der Waals surface area contributed by atoms with E-state index in [0.717, 1.165) is 18.1 Å². The zero-order valence-electron chi connectivity index (χ0n) is 8.44. The van der Waals surface area contributed by atoms with Crippen molar-refractivity contribution in [3.8, 4) is 0 Å². The molecule has 3 nitrogen and oxygen atoms in total. The van der Waals surface area contributed by atoms with Crippen molar-refractivity contribution in [3.63, 3.8) is 0 Å². The number of aromatic amines is 1. The van der Waals surface area contributed by atoms with Gasteiger partial charge in [-0.25, -0.2) is 4.98 Å². The summed E-state index contributed by atoms with van der Waals surface area (Å²) >= 11 is 6.09. The second-order valence-electron chi connectivity index (χ2n) is 3.90. The number of H-pyrrole nitrogens is 1. The van der Waals surface area contributed by atoms with Crippen LogP contribution in [0.2, 0.25) is 5.15 Å². The lowest BCUT2D eigenvalue weighted by Crippen LogP contribution is -2.06. The third kappa shape index (κ3) is 1.93. The van der Waals surface area contributed by atoms with Gasteiger partial charge in [0.1, 0.15) is 5.82 Å². The van der Waals surface area contributed by atoms with Gasteiger partial charge in [0.05, 0.1) is 12.2 Å². The Kier molecular flexibility index (Phi) is 3.08. The van der Waals surface area contributed by atoms with Gasteiger partial charge < -0.3 is 10.3 Å². The zero-order chi connectivity index (χ0) is 9.97. The first-order chi connectivity index (χ1) is 6.81. The molecule has 1 saturated carbocycles. The minimum absolute atomic E-state index is 0.612. The molecule has 0 spiro atoms. The van der Waals surface area contributed by atoms with Gasteiger partial charge in [-0.15, -0.1) is 0 Å². The van der Waals surface area contributed by atoms with Gasteiger partial charge in [-0.2, -0.15) is 0 Å². The van der Waals surface area contributed by atoms with Crippen molar-refractivity contribution < 1.29 is 0 Å². The van der Waals surface area contributed by atoms with E-state index in [1.807, 2.05) is 7.05 Å². The van der Waals surface area contributed by atoms with Gasteiger partial charge in [-0.05, 0) is 19.9 Å². The summed E-state index contributed by atoms with van der Waals surface area (Å²) in [5.74, 6) is 1.56. The van der Waals surface area contributed by atoms with Crippen molar-refractivity contribution in [2.45, 2.75) is 38.1 Å². The Labute approximate surface area is 89.3 Å². The molecule has 0 aromatic carbocycles. The maximum atomic E-state index is 6.09. The summed E-state index contributed by atoms with van der Waals surface area (Å²) in [6, 6.07) is 0. The highest BCUT2D eigenvalue weighted by molar-refractivity contribution is 6.30. The van der Waals surface area contributed by atoms with Crippen LogP contribution in [-0.2, 0) is 6.54 Å². The number of nitrogens with one attached hydrogen (secondary N) is 2. The Hall–Kier alpha value is -0.540. The van der Waals surface area contributed by atoms with Crippen molar-refractivity contribution >= 4 is 11.6 Å². The van der Waals surface area contributed by atoms with Gasteiger partial charge >= 0.3 is 0 Å². The van der Waals surface area contributed by atoms with Crippen LogP contribution in [0.15, 0.2) is 0 Å². The Balaban J connectivity index is 2.15. The van der Waals surface area contributed by atoms with E-state index in [-0.39, 0.29) is 0 Å². The first kappa shape index (κ1) is 9.99. The van der Waals surface area contributed by atoms with Crippen molar-refractivity contribution in [3.05, 3.63) is 16.7 Å². The number of hydrogen-bond acceptors (Lipinski definition) is 2. The summed E-state index contributed by atoms with van der Waals surface area (Å²) in [7, 11) is 1.91. The van der Waals surface area contributed by atoms with Crippen LogP contribution in [0.3, 0.4) is 0 Å². The molecule has 0 bridgehead atoms. The average Bonchev–Trinajstić information content (AvgIpc) is 2.74. The highest BCUT2D eigenvalue weighted by atomic mass is 35.5. The van der Waals surface area contributed by atoms with E-state index in [4.69, 9.17) is 11.6 Å². The number of rotatable bonds is 3. The minimum Gasteiger partial charge on any atom is -0.343 e. The summed E-state index contributed by atoms with van der Waals surface area (Å²) in [4.78, 5) is 7.61. The number of nitrogens with zero attached hydrogens (tertiary/aromatic N) is 1. The van der Waals surface area contributed by atoms with Gasteiger partial charge in [-0.3, -0.25) is 0 Å². The lowest BCUT2D eigenvalue weighted by Gasteiger charge is -2.05. The molecule has 1 aliphatic carbocycles. The lowest BCUT2D eigenvalue weighted by molar-refractivity contribution is 0.693. The quantitative estimate of drug-likeness (QED) is 0.810. The van der Waals surface area contributed by atoms with Crippen LogP contribution in [0, 0.1) is 0 Å². The van der Waals surface area contributed by atoms with Crippen molar-refractivity contribution in [1.29, 1.82) is 0 Å². The number of aromatic nitrogens is 2. The van der Waals surface area contributed by atoms with Crippen LogP contribution in [0.1, 0.15) is 43.1 Å². The van der Waals surface area contributed by atoms with Gasteiger partial charge in [0.2, 0.25) is 0 Å². The van der Waals surface area contributed by atoms with E-state index in [1.54, 1.807) is 0 Å². The average molecular weight is 214 g/mol.